The first-order chi connectivity index (χ1) is 8.29. The molecule has 0 bridgehead atoms. The first-order valence-corrected chi connectivity index (χ1v) is 6.08. The molecule has 0 unspecified atom stereocenters. The van der Waals surface area contributed by atoms with Gasteiger partial charge in [-0.2, -0.15) is 0 Å². The first kappa shape index (κ1) is 11.7. The summed E-state index contributed by atoms with van der Waals surface area (Å²) in [6.07, 6.45) is 3.44. The van der Waals surface area contributed by atoms with Crippen LogP contribution in [0.5, 0.6) is 5.75 Å². The molecular formula is C12H13N3OS. The molecule has 5 heteroatoms. The molecule has 0 aliphatic heterocycles. The van der Waals surface area contributed by atoms with Gasteiger partial charge >= 0.3 is 0 Å². The fourth-order valence-corrected chi connectivity index (χ4v) is 2.04. The fourth-order valence-electron chi connectivity index (χ4n) is 1.30. The zero-order valence-corrected chi connectivity index (χ0v) is 10.3. The Balaban J connectivity index is 2.19. The van der Waals surface area contributed by atoms with Crippen LogP contribution in [0.1, 0.15) is 6.92 Å². The van der Waals surface area contributed by atoms with E-state index in [-0.39, 0.29) is 0 Å². The zero-order chi connectivity index (χ0) is 12.1. The van der Waals surface area contributed by atoms with Crippen molar-refractivity contribution in [2.45, 2.75) is 17.0 Å². The van der Waals surface area contributed by atoms with E-state index in [2.05, 4.69) is 9.97 Å². The molecule has 2 aromatic rings. The maximum Gasteiger partial charge on any atom is 0.192 e. The Hall–Kier alpha value is -1.75. The molecule has 88 valence electrons. The number of aromatic nitrogens is 2. The summed E-state index contributed by atoms with van der Waals surface area (Å²) in [6.45, 7) is 2.53. The Bertz CT molecular complexity index is 490. The Morgan fingerprint density at radius 1 is 1.29 bits per heavy atom. The maximum atomic E-state index is 5.80. The third kappa shape index (κ3) is 3.10. The molecule has 0 aliphatic carbocycles. The van der Waals surface area contributed by atoms with E-state index in [1.807, 2.05) is 25.1 Å². The number of benzene rings is 1. The van der Waals surface area contributed by atoms with Gasteiger partial charge in [-0.15, -0.1) is 0 Å². The Morgan fingerprint density at radius 3 is 2.76 bits per heavy atom. The van der Waals surface area contributed by atoms with Crippen molar-refractivity contribution in [1.82, 2.24) is 9.97 Å². The van der Waals surface area contributed by atoms with Crippen LogP contribution < -0.4 is 10.5 Å². The number of ether oxygens (including phenoxy) is 1. The monoisotopic (exact) mass is 247 g/mol. The molecule has 1 aromatic heterocycles. The zero-order valence-electron chi connectivity index (χ0n) is 9.46. The van der Waals surface area contributed by atoms with Crippen molar-refractivity contribution < 1.29 is 4.74 Å². The second kappa shape index (κ2) is 5.54. The van der Waals surface area contributed by atoms with Crippen molar-refractivity contribution in [1.29, 1.82) is 0 Å². The van der Waals surface area contributed by atoms with Gasteiger partial charge < -0.3 is 10.5 Å². The minimum absolute atomic E-state index is 0.597. The molecule has 0 saturated heterocycles. The molecule has 0 saturated carbocycles. The highest BCUT2D eigenvalue weighted by Crippen LogP contribution is 2.31. The highest BCUT2D eigenvalue weighted by Gasteiger charge is 2.04. The van der Waals surface area contributed by atoms with Gasteiger partial charge in [-0.05, 0) is 43.0 Å². The van der Waals surface area contributed by atoms with E-state index in [1.165, 1.54) is 11.8 Å². The van der Waals surface area contributed by atoms with Crippen LogP contribution in [0.3, 0.4) is 0 Å². The van der Waals surface area contributed by atoms with Gasteiger partial charge in [-0.25, -0.2) is 9.97 Å². The Kier molecular flexibility index (Phi) is 3.82. The van der Waals surface area contributed by atoms with Gasteiger partial charge in [0.25, 0.3) is 0 Å². The molecule has 0 atom stereocenters. The summed E-state index contributed by atoms with van der Waals surface area (Å²) in [5, 5.41) is 0.708. The van der Waals surface area contributed by atoms with E-state index in [1.54, 1.807) is 18.5 Å². The van der Waals surface area contributed by atoms with E-state index < -0.39 is 0 Å². The van der Waals surface area contributed by atoms with E-state index in [4.69, 9.17) is 10.5 Å². The van der Waals surface area contributed by atoms with Crippen LogP contribution in [-0.2, 0) is 0 Å². The minimum atomic E-state index is 0.597. The Labute approximate surface area is 104 Å². The topological polar surface area (TPSA) is 61.0 Å². The molecule has 1 aromatic carbocycles. The van der Waals surface area contributed by atoms with E-state index >= 15 is 0 Å². The van der Waals surface area contributed by atoms with Crippen LogP contribution in [-0.4, -0.2) is 16.6 Å². The molecule has 0 radical (unpaired) electrons. The van der Waals surface area contributed by atoms with Crippen LogP contribution in [0, 0.1) is 0 Å². The third-order valence-electron chi connectivity index (χ3n) is 2.04. The number of hydrogen-bond donors (Lipinski definition) is 1. The molecule has 4 nitrogen and oxygen atoms in total. The molecule has 17 heavy (non-hydrogen) atoms. The second-order valence-corrected chi connectivity index (χ2v) is 4.31. The SMILES string of the molecule is CCOc1cc(Sc2ncccn2)ccc1N. The number of anilines is 1. The lowest BCUT2D eigenvalue weighted by molar-refractivity contribution is 0.341. The van der Waals surface area contributed by atoms with E-state index in [0.29, 0.717) is 23.2 Å². The molecule has 1 heterocycles. The molecule has 0 amide bonds. The highest BCUT2D eigenvalue weighted by molar-refractivity contribution is 7.99. The molecule has 0 spiro atoms. The first-order valence-electron chi connectivity index (χ1n) is 5.27. The number of hydrogen-bond acceptors (Lipinski definition) is 5. The summed E-state index contributed by atoms with van der Waals surface area (Å²) in [5.74, 6) is 0.702. The van der Waals surface area contributed by atoms with Crippen LogP contribution in [0.2, 0.25) is 0 Å². The summed E-state index contributed by atoms with van der Waals surface area (Å²) < 4.78 is 5.44. The molecule has 2 rings (SSSR count). The van der Waals surface area contributed by atoms with Crippen LogP contribution in [0.4, 0.5) is 5.69 Å². The summed E-state index contributed by atoms with van der Waals surface area (Å²) in [6, 6.07) is 7.45. The molecular weight excluding hydrogens is 234 g/mol. The third-order valence-corrected chi connectivity index (χ3v) is 2.92. The lowest BCUT2D eigenvalue weighted by atomic mass is 10.3. The number of nitrogens with zero attached hydrogens (tertiary/aromatic N) is 2. The average molecular weight is 247 g/mol. The van der Waals surface area contributed by atoms with Gasteiger partial charge in [0.05, 0.1) is 12.3 Å². The predicted octanol–water partition coefficient (Wildman–Crippen LogP) is 2.61. The lowest BCUT2D eigenvalue weighted by Gasteiger charge is -2.08. The van der Waals surface area contributed by atoms with Crippen molar-refractivity contribution in [3.63, 3.8) is 0 Å². The Morgan fingerprint density at radius 2 is 2.06 bits per heavy atom. The van der Waals surface area contributed by atoms with Gasteiger partial charge in [0, 0.05) is 17.3 Å². The molecule has 2 N–H and O–H groups in total. The number of nitrogens with two attached hydrogens (primary N) is 1. The van der Waals surface area contributed by atoms with Crippen molar-refractivity contribution >= 4 is 17.4 Å². The molecule has 0 fully saturated rings. The van der Waals surface area contributed by atoms with E-state index in [0.717, 1.165) is 4.90 Å². The average Bonchev–Trinajstić information content (AvgIpc) is 2.35. The quantitative estimate of drug-likeness (QED) is 0.664. The standard InChI is InChI=1S/C12H13N3OS/c1-2-16-11-8-9(4-5-10(11)13)17-12-14-6-3-7-15-12/h3-8H,2,13H2,1H3. The fraction of sp³-hybridized carbons (Fsp3) is 0.167. The second-order valence-electron chi connectivity index (χ2n) is 3.27. The predicted molar refractivity (Wildman–Crippen MR) is 68.2 cm³/mol. The van der Waals surface area contributed by atoms with Gasteiger partial charge in [0.15, 0.2) is 5.16 Å². The largest absolute Gasteiger partial charge is 0.492 e. The highest BCUT2D eigenvalue weighted by atomic mass is 32.2. The van der Waals surface area contributed by atoms with Crippen molar-refractivity contribution in [3.05, 3.63) is 36.7 Å². The van der Waals surface area contributed by atoms with Gasteiger partial charge in [0.2, 0.25) is 0 Å². The summed E-state index contributed by atoms with van der Waals surface area (Å²) in [4.78, 5) is 9.31. The summed E-state index contributed by atoms with van der Waals surface area (Å²) >= 11 is 1.48. The number of nitrogen functional groups attached to an aromatic ring is 1. The summed E-state index contributed by atoms with van der Waals surface area (Å²) in [5.41, 5.74) is 6.45. The van der Waals surface area contributed by atoms with Crippen LogP contribution in [0.25, 0.3) is 0 Å². The van der Waals surface area contributed by atoms with E-state index in [9.17, 15) is 0 Å². The van der Waals surface area contributed by atoms with Gasteiger partial charge in [-0.1, -0.05) is 0 Å². The normalized spacial score (nSPS) is 10.2. The van der Waals surface area contributed by atoms with Gasteiger partial charge in [0.1, 0.15) is 5.75 Å². The van der Waals surface area contributed by atoms with Crippen molar-refractivity contribution in [2.75, 3.05) is 12.3 Å². The lowest BCUT2D eigenvalue weighted by Crippen LogP contribution is -1.96. The maximum absolute atomic E-state index is 5.80. The summed E-state index contributed by atoms with van der Waals surface area (Å²) in [7, 11) is 0. The number of rotatable bonds is 4. The molecule has 0 aliphatic rings. The van der Waals surface area contributed by atoms with Crippen molar-refractivity contribution in [3.8, 4) is 5.75 Å². The smallest absolute Gasteiger partial charge is 0.192 e. The van der Waals surface area contributed by atoms with Crippen molar-refractivity contribution in [2.24, 2.45) is 0 Å². The minimum Gasteiger partial charge on any atom is -0.492 e. The van der Waals surface area contributed by atoms with Crippen LogP contribution in [0.15, 0.2) is 46.7 Å². The van der Waals surface area contributed by atoms with Crippen LogP contribution >= 0.6 is 11.8 Å². The van der Waals surface area contributed by atoms with Gasteiger partial charge in [-0.3, -0.25) is 0 Å².